The normalized spacial score (nSPS) is 16.2. The van der Waals surface area contributed by atoms with Gasteiger partial charge in [0.25, 0.3) is 5.69 Å². The summed E-state index contributed by atoms with van der Waals surface area (Å²) < 4.78 is 13.7. The highest BCUT2D eigenvalue weighted by molar-refractivity contribution is 9.10. The van der Waals surface area contributed by atoms with E-state index in [-0.39, 0.29) is 10.2 Å². The minimum atomic E-state index is -0.616. The van der Waals surface area contributed by atoms with E-state index in [9.17, 15) is 14.5 Å². The molecule has 5 nitrogen and oxygen atoms in total. The Labute approximate surface area is 132 Å². The van der Waals surface area contributed by atoms with Gasteiger partial charge in [0.2, 0.25) is 0 Å². The van der Waals surface area contributed by atoms with Crippen LogP contribution in [0.1, 0.15) is 19.3 Å². The third kappa shape index (κ3) is 3.94. The summed E-state index contributed by atoms with van der Waals surface area (Å²) in [6.07, 6.45) is 2.90. The summed E-state index contributed by atoms with van der Waals surface area (Å²) >= 11 is 3.10. The third-order valence-electron chi connectivity index (χ3n) is 3.87. The zero-order chi connectivity index (χ0) is 15.4. The van der Waals surface area contributed by atoms with Crippen molar-refractivity contribution >= 4 is 35.3 Å². The highest BCUT2D eigenvalue weighted by Crippen LogP contribution is 2.35. The van der Waals surface area contributed by atoms with E-state index >= 15 is 0 Å². The van der Waals surface area contributed by atoms with Gasteiger partial charge in [-0.2, -0.15) is 0 Å². The molecule has 1 aliphatic rings. The zero-order valence-corrected chi connectivity index (χ0v) is 13.1. The minimum absolute atomic E-state index is 0.183. The van der Waals surface area contributed by atoms with E-state index in [1.54, 1.807) is 0 Å². The maximum atomic E-state index is 13.5. The molecule has 2 radical (unpaired) electrons. The fourth-order valence-corrected chi connectivity index (χ4v) is 3.01. The number of halogens is 2. The minimum Gasteiger partial charge on any atom is -0.366 e. The lowest BCUT2D eigenvalue weighted by Crippen LogP contribution is -2.35. The van der Waals surface area contributed by atoms with Crippen LogP contribution in [0.25, 0.3) is 0 Å². The molecule has 0 aromatic heterocycles. The average molecular weight is 356 g/mol. The number of benzene rings is 1. The number of hydrogen-bond donors (Lipinski definition) is 1. The number of piperidine rings is 1. The monoisotopic (exact) mass is 355 g/mol. The first-order valence-corrected chi connectivity index (χ1v) is 7.64. The molecule has 8 heteroatoms. The second kappa shape index (κ2) is 7.22. The Kier molecular flexibility index (Phi) is 5.58. The van der Waals surface area contributed by atoms with Crippen LogP contribution >= 0.6 is 15.9 Å². The van der Waals surface area contributed by atoms with Gasteiger partial charge in [0, 0.05) is 13.1 Å². The van der Waals surface area contributed by atoms with Crippen LogP contribution in [0.4, 0.5) is 15.8 Å². The fourth-order valence-electron chi connectivity index (χ4n) is 2.68. The first kappa shape index (κ1) is 16.2. The van der Waals surface area contributed by atoms with Gasteiger partial charge in [-0.15, -0.1) is 0 Å². The van der Waals surface area contributed by atoms with Crippen molar-refractivity contribution in [1.29, 1.82) is 0 Å². The summed E-state index contributed by atoms with van der Waals surface area (Å²) in [5.41, 5.74) is 0.293. The summed E-state index contributed by atoms with van der Waals surface area (Å²) in [7, 11) is 5.27. The highest BCUT2D eigenvalue weighted by atomic mass is 79.9. The van der Waals surface area contributed by atoms with Crippen molar-refractivity contribution in [1.82, 2.24) is 5.23 Å². The van der Waals surface area contributed by atoms with Crippen molar-refractivity contribution < 1.29 is 9.31 Å². The molecule has 0 unspecified atom stereocenters. The predicted molar refractivity (Wildman–Crippen MR) is 84.1 cm³/mol. The molecule has 1 aromatic rings. The lowest BCUT2D eigenvalue weighted by Gasteiger charge is -2.33. The van der Waals surface area contributed by atoms with Gasteiger partial charge >= 0.3 is 0 Å². The van der Waals surface area contributed by atoms with E-state index in [2.05, 4.69) is 21.2 Å². The first-order valence-electron chi connectivity index (χ1n) is 6.84. The van der Waals surface area contributed by atoms with Crippen LogP contribution in [0.3, 0.4) is 0 Å². The largest absolute Gasteiger partial charge is 0.366 e. The second-order valence-corrected chi connectivity index (χ2v) is 6.04. The quantitative estimate of drug-likeness (QED) is 0.501. The second-order valence-electron chi connectivity index (χ2n) is 5.19. The molecule has 1 aliphatic heterocycles. The van der Waals surface area contributed by atoms with Crippen molar-refractivity contribution in [2.75, 3.05) is 24.5 Å². The Hall–Kier alpha value is -1.15. The molecule has 0 amide bonds. The number of anilines is 1. The van der Waals surface area contributed by atoms with Crippen molar-refractivity contribution in [3.8, 4) is 0 Å². The van der Waals surface area contributed by atoms with Gasteiger partial charge in [-0.3, -0.25) is 10.1 Å². The Balaban J connectivity index is 2.12. The topological polar surface area (TPSA) is 58.4 Å². The standard InChI is InChI=1S/C13H16BBrFN3O2/c14-17-4-1-9-2-5-18(6-3-9)12-7-10(15)11(16)8-13(12)19(20)21/h7-9,17H,1-6H2. The van der Waals surface area contributed by atoms with Crippen LogP contribution in [-0.2, 0) is 0 Å². The molecule has 1 heterocycles. The van der Waals surface area contributed by atoms with Gasteiger partial charge in [0.15, 0.2) is 7.98 Å². The van der Waals surface area contributed by atoms with Crippen molar-refractivity contribution in [3.63, 3.8) is 0 Å². The molecule has 1 N–H and O–H groups in total. The van der Waals surface area contributed by atoms with E-state index in [0.717, 1.165) is 45.0 Å². The summed E-state index contributed by atoms with van der Waals surface area (Å²) in [5, 5.41) is 13.8. The van der Waals surface area contributed by atoms with Crippen LogP contribution in [0.5, 0.6) is 0 Å². The van der Waals surface area contributed by atoms with Crippen molar-refractivity contribution in [2.24, 2.45) is 5.92 Å². The SMILES string of the molecule is [B]NCCC1CCN(c2cc(Br)c(F)cc2[N+](=O)[O-])CC1. The molecule has 0 spiro atoms. The molecule has 2 rings (SSSR count). The molecule has 0 bridgehead atoms. The molecule has 112 valence electrons. The van der Waals surface area contributed by atoms with Crippen LogP contribution in [0, 0.1) is 21.8 Å². The van der Waals surface area contributed by atoms with Gasteiger partial charge in [0.1, 0.15) is 11.5 Å². The van der Waals surface area contributed by atoms with Crippen molar-refractivity contribution in [3.05, 3.63) is 32.5 Å². The Morgan fingerprint density at radius 2 is 2.14 bits per heavy atom. The molecule has 0 aliphatic carbocycles. The molecule has 21 heavy (non-hydrogen) atoms. The van der Waals surface area contributed by atoms with E-state index in [0.29, 0.717) is 11.6 Å². The van der Waals surface area contributed by atoms with E-state index in [4.69, 9.17) is 7.98 Å². The van der Waals surface area contributed by atoms with Crippen LogP contribution in [-0.4, -0.2) is 32.5 Å². The van der Waals surface area contributed by atoms with Crippen molar-refractivity contribution in [2.45, 2.75) is 19.3 Å². The maximum absolute atomic E-state index is 13.5. The van der Waals surface area contributed by atoms with Crippen LogP contribution in [0.2, 0.25) is 0 Å². The molecule has 1 fully saturated rings. The lowest BCUT2D eigenvalue weighted by atomic mass is 9.93. The van der Waals surface area contributed by atoms with E-state index in [1.165, 1.54) is 6.07 Å². The molecule has 1 saturated heterocycles. The number of nitro benzene ring substituents is 1. The number of nitrogens with zero attached hydrogens (tertiary/aromatic N) is 2. The average Bonchev–Trinajstić information content (AvgIpc) is 2.48. The maximum Gasteiger partial charge on any atom is 0.295 e. The van der Waals surface area contributed by atoms with Gasteiger partial charge in [0.05, 0.1) is 15.5 Å². The number of nitro groups is 1. The van der Waals surface area contributed by atoms with Gasteiger partial charge in [-0.1, -0.05) is 0 Å². The Bertz CT molecular complexity index is 524. The summed E-state index contributed by atoms with van der Waals surface area (Å²) in [6.45, 7) is 2.23. The summed E-state index contributed by atoms with van der Waals surface area (Å²) in [6, 6.07) is 2.47. The molecular formula is C13H16BBrFN3O2. The third-order valence-corrected chi connectivity index (χ3v) is 4.47. The van der Waals surface area contributed by atoms with Gasteiger partial charge in [-0.25, -0.2) is 4.39 Å². The van der Waals surface area contributed by atoms with Crippen LogP contribution in [0.15, 0.2) is 16.6 Å². The molecule has 0 atom stereocenters. The van der Waals surface area contributed by atoms with E-state index < -0.39 is 10.7 Å². The smallest absolute Gasteiger partial charge is 0.295 e. The lowest BCUT2D eigenvalue weighted by molar-refractivity contribution is -0.384. The Morgan fingerprint density at radius 1 is 1.48 bits per heavy atom. The zero-order valence-electron chi connectivity index (χ0n) is 11.5. The first-order chi connectivity index (χ1) is 10.0. The predicted octanol–water partition coefficient (Wildman–Crippen LogP) is 2.78. The molecule has 1 aromatic carbocycles. The number of rotatable bonds is 5. The summed E-state index contributed by atoms with van der Waals surface area (Å²) in [4.78, 5) is 12.5. The fraction of sp³-hybridized carbons (Fsp3) is 0.538. The highest BCUT2D eigenvalue weighted by Gasteiger charge is 2.26. The number of nitrogens with one attached hydrogen (secondary N) is 1. The molecule has 0 saturated carbocycles. The van der Waals surface area contributed by atoms with Gasteiger partial charge in [-0.05, 0) is 53.7 Å². The van der Waals surface area contributed by atoms with E-state index in [1.807, 2.05) is 4.90 Å². The Morgan fingerprint density at radius 3 is 2.71 bits per heavy atom. The summed E-state index contributed by atoms with van der Waals surface area (Å²) in [5.74, 6) is -0.0467. The molecular weight excluding hydrogens is 340 g/mol. The van der Waals surface area contributed by atoms with Crippen LogP contribution < -0.4 is 10.1 Å². The van der Waals surface area contributed by atoms with Gasteiger partial charge < -0.3 is 10.1 Å². The number of hydrogen-bond acceptors (Lipinski definition) is 4.